The minimum absolute atomic E-state index is 0.536. The first-order valence-electron chi connectivity index (χ1n) is 5.58. The summed E-state index contributed by atoms with van der Waals surface area (Å²) >= 11 is 0. The molecule has 3 heterocycles. The van der Waals surface area contributed by atoms with Crippen LogP contribution >= 0.6 is 0 Å². The predicted molar refractivity (Wildman–Crippen MR) is 63.9 cm³/mol. The lowest BCUT2D eigenvalue weighted by Crippen LogP contribution is -2.34. The highest BCUT2D eigenvalue weighted by Gasteiger charge is 2.57. The summed E-state index contributed by atoms with van der Waals surface area (Å²) in [6.07, 6.45) is 6.98. The number of para-hydroxylation sites is 1. The van der Waals surface area contributed by atoms with Gasteiger partial charge in [-0.3, -0.25) is 5.73 Å². The molecule has 5 heteroatoms. The highest BCUT2D eigenvalue weighted by molar-refractivity contribution is 5.83. The molecule has 4 rings (SSSR count). The molecule has 2 aliphatic rings. The van der Waals surface area contributed by atoms with Crippen molar-refractivity contribution in [1.82, 2.24) is 5.06 Å². The van der Waals surface area contributed by atoms with Crippen LogP contribution in [0.4, 0.5) is 0 Å². The van der Waals surface area contributed by atoms with Crippen molar-refractivity contribution in [3.63, 3.8) is 0 Å². The predicted octanol–water partition coefficient (Wildman–Crippen LogP) is 2.08. The first-order valence-corrected chi connectivity index (χ1v) is 5.58. The van der Waals surface area contributed by atoms with E-state index < -0.39 is 5.85 Å². The van der Waals surface area contributed by atoms with E-state index >= 15 is 0 Å². The van der Waals surface area contributed by atoms with Gasteiger partial charge in [0.2, 0.25) is 0 Å². The highest BCUT2D eigenvalue weighted by Crippen LogP contribution is 2.41. The molecule has 1 unspecified atom stereocenters. The van der Waals surface area contributed by atoms with Crippen LogP contribution in [0.5, 0.6) is 5.75 Å². The fourth-order valence-electron chi connectivity index (χ4n) is 2.02. The summed E-state index contributed by atoms with van der Waals surface area (Å²) < 4.78 is 11.2. The first kappa shape index (κ1) is 9.76. The number of benzene rings is 1. The molecule has 2 aromatic rings. The van der Waals surface area contributed by atoms with Crippen LogP contribution in [0.3, 0.4) is 0 Å². The highest BCUT2D eigenvalue weighted by atomic mass is 16.9. The summed E-state index contributed by atoms with van der Waals surface area (Å²) in [5.74, 6) is 0.192. The van der Waals surface area contributed by atoms with E-state index in [1.54, 1.807) is 18.5 Å². The lowest BCUT2D eigenvalue weighted by atomic mass is 10.2. The average Bonchev–Trinajstić information content (AvgIpc) is 2.85. The molecule has 1 aromatic carbocycles. The van der Waals surface area contributed by atoms with E-state index in [2.05, 4.69) is 0 Å². The van der Waals surface area contributed by atoms with E-state index in [-0.39, 0.29) is 0 Å². The molecule has 0 spiro atoms. The number of ether oxygens (including phenoxy) is 1. The van der Waals surface area contributed by atoms with Crippen molar-refractivity contribution in [3.05, 3.63) is 54.6 Å². The molecule has 0 radical (unpaired) electrons. The molecule has 1 saturated heterocycles. The molecule has 0 saturated carbocycles. The van der Waals surface area contributed by atoms with Gasteiger partial charge in [-0.25, -0.2) is 9.90 Å². The molecule has 5 nitrogen and oxygen atoms in total. The smallest absolute Gasteiger partial charge is 0.301 e. The molecule has 1 fully saturated rings. The molecule has 1 aromatic heterocycles. The van der Waals surface area contributed by atoms with Crippen LogP contribution < -0.4 is 10.5 Å². The Hall–Kier alpha value is -2.24. The van der Waals surface area contributed by atoms with Crippen LogP contribution in [0.1, 0.15) is 0 Å². The molecule has 0 amide bonds. The van der Waals surface area contributed by atoms with Gasteiger partial charge in [-0.1, -0.05) is 12.1 Å². The maximum atomic E-state index is 5.99. The maximum absolute atomic E-state index is 5.99. The minimum Gasteiger partial charge on any atom is -0.460 e. The van der Waals surface area contributed by atoms with Crippen LogP contribution in [0, 0.1) is 0 Å². The Morgan fingerprint density at radius 3 is 3.17 bits per heavy atom. The molecule has 18 heavy (non-hydrogen) atoms. The monoisotopic (exact) mass is 242 g/mol. The van der Waals surface area contributed by atoms with Crippen LogP contribution in [0.15, 0.2) is 59.1 Å². The van der Waals surface area contributed by atoms with E-state index in [4.69, 9.17) is 19.7 Å². The number of rotatable bonds is 2. The second kappa shape index (κ2) is 3.16. The number of nitrogens with zero attached hydrogens (tertiary/aromatic N) is 1. The lowest BCUT2D eigenvalue weighted by molar-refractivity contribution is 0.228. The van der Waals surface area contributed by atoms with E-state index in [1.165, 1.54) is 5.06 Å². The molecule has 2 N–H and O–H groups in total. The lowest BCUT2D eigenvalue weighted by Gasteiger charge is -2.14. The molecule has 90 valence electrons. The van der Waals surface area contributed by atoms with Gasteiger partial charge >= 0.3 is 5.85 Å². The fraction of sp³-hybridized carbons (Fsp3) is 0.0769. The Labute approximate surface area is 103 Å². The molecule has 0 bridgehead atoms. The second-order valence-electron chi connectivity index (χ2n) is 4.18. The third-order valence-electron chi connectivity index (χ3n) is 3.02. The number of furan rings is 1. The largest absolute Gasteiger partial charge is 0.460 e. The van der Waals surface area contributed by atoms with E-state index in [0.717, 1.165) is 5.39 Å². The fourth-order valence-corrected chi connectivity index (χ4v) is 2.02. The van der Waals surface area contributed by atoms with Gasteiger partial charge in [0.05, 0.1) is 6.26 Å². The molecular weight excluding hydrogens is 232 g/mol. The quantitative estimate of drug-likeness (QED) is 0.817. The summed E-state index contributed by atoms with van der Waals surface area (Å²) in [6, 6.07) is 7.58. The van der Waals surface area contributed by atoms with Gasteiger partial charge < -0.3 is 9.15 Å². The van der Waals surface area contributed by atoms with Crippen LogP contribution in [-0.4, -0.2) is 10.9 Å². The normalized spacial score (nSPS) is 24.9. The van der Waals surface area contributed by atoms with Crippen molar-refractivity contribution in [3.8, 4) is 5.75 Å². The summed E-state index contributed by atoms with van der Waals surface area (Å²) in [7, 11) is 0. The van der Waals surface area contributed by atoms with E-state index in [9.17, 15) is 0 Å². The summed E-state index contributed by atoms with van der Waals surface area (Å²) in [6.45, 7) is 0. The summed E-state index contributed by atoms with van der Waals surface area (Å²) in [5, 5.41) is 2.52. The van der Waals surface area contributed by atoms with Crippen molar-refractivity contribution in [1.29, 1.82) is 0 Å². The standard InChI is InChI=1S/C13H10N2O3/c14-13-11(5-2-7-15(13)18-13)17-10-4-1-3-9-6-8-16-12(9)10/h1-8H,14H2. The number of hydroxylamine groups is 2. The van der Waals surface area contributed by atoms with Gasteiger partial charge in [0, 0.05) is 11.6 Å². The van der Waals surface area contributed by atoms with E-state index in [1.807, 2.05) is 30.3 Å². The van der Waals surface area contributed by atoms with Crippen LogP contribution in [0.25, 0.3) is 11.0 Å². The third kappa shape index (κ3) is 1.23. The maximum Gasteiger partial charge on any atom is 0.301 e. The SMILES string of the molecule is NC12ON1C=CC=C2Oc1cccc2ccoc12. The Morgan fingerprint density at radius 2 is 2.22 bits per heavy atom. The van der Waals surface area contributed by atoms with Gasteiger partial charge in [-0.2, -0.15) is 0 Å². The van der Waals surface area contributed by atoms with Crippen molar-refractivity contribution in [2.45, 2.75) is 5.85 Å². The topological polar surface area (TPSA) is 63.9 Å². The van der Waals surface area contributed by atoms with Crippen molar-refractivity contribution < 1.29 is 14.0 Å². The second-order valence-corrected chi connectivity index (χ2v) is 4.18. The third-order valence-corrected chi connectivity index (χ3v) is 3.02. The zero-order valence-electron chi connectivity index (χ0n) is 9.37. The van der Waals surface area contributed by atoms with Gasteiger partial charge in [-0.15, -0.1) is 0 Å². The molecule has 0 aliphatic carbocycles. The van der Waals surface area contributed by atoms with E-state index in [0.29, 0.717) is 17.1 Å². The van der Waals surface area contributed by atoms with Gasteiger partial charge in [0.1, 0.15) is 0 Å². The number of allylic oxidation sites excluding steroid dienone is 2. The van der Waals surface area contributed by atoms with Gasteiger partial charge in [0.15, 0.2) is 17.1 Å². The molecule has 2 aliphatic heterocycles. The Bertz CT molecular complexity index is 688. The first-order chi connectivity index (χ1) is 8.77. The Balaban J connectivity index is 1.75. The van der Waals surface area contributed by atoms with Crippen LogP contribution in [-0.2, 0) is 4.84 Å². The summed E-state index contributed by atoms with van der Waals surface area (Å²) in [4.78, 5) is 5.24. The Kier molecular flexibility index (Phi) is 1.71. The average molecular weight is 242 g/mol. The minimum atomic E-state index is -0.969. The van der Waals surface area contributed by atoms with Crippen LogP contribution in [0.2, 0.25) is 0 Å². The van der Waals surface area contributed by atoms with Gasteiger partial charge in [0.25, 0.3) is 0 Å². The van der Waals surface area contributed by atoms with Crippen molar-refractivity contribution in [2.75, 3.05) is 0 Å². The van der Waals surface area contributed by atoms with Crippen molar-refractivity contribution >= 4 is 11.0 Å². The number of hydrogen-bond acceptors (Lipinski definition) is 5. The molecule has 1 atom stereocenters. The number of nitrogens with two attached hydrogens (primary N) is 1. The number of hydrogen-bond donors (Lipinski definition) is 1. The zero-order valence-corrected chi connectivity index (χ0v) is 9.37. The summed E-state index contributed by atoms with van der Waals surface area (Å²) in [5.41, 5.74) is 6.69. The van der Waals surface area contributed by atoms with Crippen molar-refractivity contribution in [2.24, 2.45) is 5.73 Å². The molecular formula is C13H10N2O3. The Morgan fingerprint density at radius 1 is 1.28 bits per heavy atom. The zero-order chi connectivity index (χ0) is 12.2. The number of fused-ring (bicyclic) bond motifs is 2. The van der Waals surface area contributed by atoms with Gasteiger partial charge in [-0.05, 0) is 24.3 Å².